The third-order valence-electron chi connectivity index (χ3n) is 5.31. The second kappa shape index (κ2) is 5.96. The topological polar surface area (TPSA) is 78.7 Å². The zero-order valence-corrected chi connectivity index (χ0v) is 13.7. The van der Waals surface area contributed by atoms with Gasteiger partial charge in [0.2, 0.25) is 5.91 Å². The van der Waals surface area contributed by atoms with Gasteiger partial charge in [0.25, 0.3) is 0 Å². The van der Waals surface area contributed by atoms with Crippen LogP contribution in [0.1, 0.15) is 25.3 Å². The Hall–Kier alpha value is -1.89. The van der Waals surface area contributed by atoms with Gasteiger partial charge in [-0.25, -0.2) is 0 Å². The normalized spacial score (nSPS) is 28.4. The van der Waals surface area contributed by atoms with Gasteiger partial charge in [0.15, 0.2) is 0 Å². The van der Waals surface area contributed by atoms with E-state index >= 15 is 0 Å². The Morgan fingerprint density at radius 1 is 1.43 bits per heavy atom. The summed E-state index contributed by atoms with van der Waals surface area (Å²) in [4.78, 5) is 27.7. The Bertz CT molecular complexity index is 614. The summed E-state index contributed by atoms with van der Waals surface area (Å²) in [6.07, 6.45) is 5.33. The highest BCUT2D eigenvalue weighted by molar-refractivity contribution is 5.80. The fourth-order valence-electron chi connectivity index (χ4n) is 4.06. The molecule has 0 radical (unpaired) electrons. The van der Waals surface area contributed by atoms with Crippen LogP contribution in [-0.2, 0) is 23.2 Å². The number of aryl methyl sites for hydroxylation is 1. The summed E-state index contributed by atoms with van der Waals surface area (Å²) < 4.78 is 1.78. The van der Waals surface area contributed by atoms with E-state index in [1.165, 1.54) is 6.92 Å². The van der Waals surface area contributed by atoms with E-state index < -0.39 is 11.4 Å². The molecule has 3 heterocycles. The Morgan fingerprint density at radius 2 is 2.22 bits per heavy atom. The number of rotatable bonds is 3. The first kappa shape index (κ1) is 16.0. The quantitative estimate of drug-likeness (QED) is 0.881. The number of amides is 1. The number of hydrogen-bond donors (Lipinski definition) is 1. The molecule has 1 N–H and O–H groups in total. The largest absolute Gasteiger partial charge is 0.481 e. The maximum atomic E-state index is 12.0. The van der Waals surface area contributed by atoms with Crippen molar-refractivity contribution in [2.75, 3.05) is 26.2 Å². The van der Waals surface area contributed by atoms with Gasteiger partial charge in [0.05, 0.1) is 11.6 Å². The molecule has 0 spiro atoms. The van der Waals surface area contributed by atoms with Crippen molar-refractivity contribution in [2.24, 2.45) is 18.4 Å². The van der Waals surface area contributed by atoms with Crippen molar-refractivity contribution in [1.82, 2.24) is 19.6 Å². The highest BCUT2D eigenvalue weighted by atomic mass is 16.4. The van der Waals surface area contributed by atoms with Crippen molar-refractivity contribution in [3.8, 4) is 0 Å². The minimum atomic E-state index is -0.782. The van der Waals surface area contributed by atoms with Crippen LogP contribution in [0.3, 0.4) is 0 Å². The number of carbonyl (C=O) groups is 2. The van der Waals surface area contributed by atoms with Crippen LogP contribution >= 0.6 is 0 Å². The lowest BCUT2D eigenvalue weighted by molar-refractivity contribution is -0.151. The third kappa shape index (κ3) is 2.97. The minimum absolute atomic E-state index is 0.0110. The van der Waals surface area contributed by atoms with Crippen LogP contribution in [-0.4, -0.2) is 62.7 Å². The summed E-state index contributed by atoms with van der Waals surface area (Å²) in [5.41, 5.74) is 0.353. The number of aliphatic carboxylic acids is 1. The molecule has 2 fully saturated rings. The van der Waals surface area contributed by atoms with Gasteiger partial charge in [-0.15, -0.1) is 0 Å². The summed E-state index contributed by atoms with van der Waals surface area (Å²) in [5.74, 6) is -0.796. The maximum absolute atomic E-state index is 12.0. The Kier molecular flexibility index (Phi) is 4.14. The molecule has 0 bridgehead atoms. The number of carboxylic acids is 1. The predicted molar refractivity (Wildman–Crippen MR) is 83.5 cm³/mol. The molecule has 2 saturated heterocycles. The fraction of sp³-hybridized carbons (Fsp3) is 0.688. The summed E-state index contributed by atoms with van der Waals surface area (Å²) in [5, 5.41) is 14.0. The molecule has 1 amide bonds. The molecule has 2 aliphatic rings. The van der Waals surface area contributed by atoms with E-state index in [0.717, 1.165) is 25.1 Å². The third-order valence-corrected chi connectivity index (χ3v) is 5.31. The predicted octanol–water partition coefficient (Wildman–Crippen LogP) is 0.565. The summed E-state index contributed by atoms with van der Waals surface area (Å²) in [7, 11) is 1.89. The SMILES string of the molecule is CC(=O)N1C[C@@H]2CN(Cc3cnn(C)c3)CCC[C@]2(C(=O)O)C1. The summed E-state index contributed by atoms with van der Waals surface area (Å²) >= 11 is 0. The van der Waals surface area contributed by atoms with Crippen LogP contribution in [0.25, 0.3) is 0 Å². The van der Waals surface area contributed by atoms with Crippen LogP contribution in [0, 0.1) is 11.3 Å². The molecule has 0 aliphatic carbocycles. The zero-order chi connectivity index (χ0) is 16.6. The molecule has 7 nitrogen and oxygen atoms in total. The van der Waals surface area contributed by atoms with Crippen LogP contribution < -0.4 is 0 Å². The fourth-order valence-corrected chi connectivity index (χ4v) is 4.06. The zero-order valence-electron chi connectivity index (χ0n) is 13.7. The molecule has 1 aromatic heterocycles. The van der Waals surface area contributed by atoms with Crippen LogP contribution in [0.15, 0.2) is 12.4 Å². The van der Waals surface area contributed by atoms with Gasteiger partial charge in [-0.2, -0.15) is 5.10 Å². The molecule has 2 aliphatic heterocycles. The molecule has 3 rings (SSSR count). The minimum Gasteiger partial charge on any atom is -0.481 e. The lowest BCUT2D eigenvalue weighted by Crippen LogP contribution is -2.41. The van der Waals surface area contributed by atoms with Crippen molar-refractivity contribution in [3.05, 3.63) is 18.0 Å². The summed E-state index contributed by atoms with van der Waals surface area (Å²) in [6.45, 7) is 4.80. The maximum Gasteiger partial charge on any atom is 0.311 e. The molecule has 0 saturated carbocycles. The van der Waals surface area contributed by atoms with Gasteiger partial charge in [-0.3, -0.25) is 19.2 Å². The Labute approximate surface area is 135 Å². The monoisotopic (exact) mass is 320 g/mol. The molecular formula is C16H24N4O3. The number of aromatic nitrogens is 2. The molecule has 1 aromatic rings. The van der Waals surface area contributed by atoms with Crippen molar-refractivity contribution in [3.63, 3.8) is 0 Å². The average Bonchev–Trinajstić information content (AvgIpc) is 3.00. The van der Waals surface area contributed by atoms with E-state index in [0.29, 0.717) is 26.1 Å². The van der Waals surface area contributed by atoms with Gasteiger partial charge in [-0.05, 0) is 19.4 Å². The molecule has 126 valence electrons. The lowest BCUT2D eigenvalue weighted by Gasteiger charge is -2.29. The average molecular weight is 320 g/mol. The van der Waals surface area contributed by atoms with E-state index in [4.69, 9.17) is 0 Å². The lowest BCUT2D eigenvalue weighted by atomic mass is 9.75. The molecule has 0 aromatic carbocycles. The highest BCUT2D eigenvalue weighted by Crippen LogP contribution is 2.43. The first-order valence-electron chi connectivity index (χ1n) is 8.09. The Balaban J connectivity index is 1.78. The summed E-state index contributed by atoms with van der Waals surface area (Å²) in [6, 6.07) is 0. The van der Waals surface area contributed by atoms with Crippen molar-refractivity contribution >= 4 is 11.9 Å². The molecule has 23 heavy (non-hydrogen) atoms. The van der Waals surface area contributed by atoms with Crippen molar-refractivity contribution in [2.45, 2.75) is 26.3 Å². The molecular weight excluding hydrogens is 296 g/mol. The molecule has 7 heteroatoms. The number of carbonyl (C=O) groups excluding carboxylic acids is 1. The number of hydrogen-bond acceptors (Lipinski definition) is 4. The molecule has 0 unspecified atom stereocenters. The molecule has 2 atom stereocenters. The van der Waals surface area contributed by atoms with Crippen LogP contribution in [0.5, 0.6) is 0 Å². The second-order valence-electron chi connectivity index (χ2n) is 6.92. The van der Waals surface area contributed by atoms with Gasteiger partial charge in [0.1, 0.15) is 0 Å². The van der Waals surface area contributed by atoms with E-state index in [1.54, 1.807) is 9.58 Å². The van der Waals surface area contributed by atoms with Crippen LogP contribution in [0.4, 0.5) is 0 Å². The first-order chi connectivity index (χ1) is 10.9. The van der Waals surface area contributed by atoms with Gasteiger partial charge in [-0.1, -0.05) is 0 Å². The van der Waals surface area contributed by atoms with Gasteiger partial charge >= 0.3 is 5.97 Å². The van der Waals surface area contributed by atoms with Crippen LogP contribution in [0.2, 0.25) is 0 Å². The number of fused-ring (bicyclic) bond motifs is 1. The van der Waals surface area contributed by atoms with E-state index in [-0.39, 0.29) is 11.8 Å². The van der Waals surface area contributed by atoms with Crippen molar-refractivity contribution in [1.29, 1.82) is 0 Å². The van der Waals surface area contributed by atoms with E-state index in [2.05, 4.69) is 10.00 Å². The van der Waals surface area contributed by atoms with Gasteiger partial charge < -0.3 is 10.0 Å². The number of carboxylic acid groups (broad SMARTS) is 1. The standard InChI is InChI=1S/C16H24N4O3/c1-12(21)20-10-14-9-19(8-13-6-17-18(2)7-13)5-3-4-16(14,11-20)15(22)23/h6-7,14H,3-5,8-11H2,1-2H3,(H,22,23)/t14-,16-/m0/s1. The number of likely N-dealkylation sites (tertiary alicyclic amines) is 2. The van der Waals surface area contributed by atoms with Crippen molar-refractivity contribution < 1.29 is 14.7 Å². The van der Waals surface area contributed by atoms with E-state index in [1.807, 2.05) is 19.4 Å². The second-order valence-corrected chi connectivity index (χ2v) is 6.92. The van der Waals surface area contributed by atoms with Gasteiger partial charge in [0, 0.05) is 57.8 Å². The Morgan fingerprint density at radius 3 is 2.83 bits per heavy atom. The number of nitrogens with zero attached hydrogens (tertiary/aromatic N) is 4. The highest BCUT2D eigenvalue weighted by Gasteiger charge is 2.53. The van der Waals surface area contributed by atoms with E-state index in [9.17, 15) is 14.7 Å². The smallest absolute Gasteiger partial charge is 0.311 e. The first-order valence-corrected chi connectivity index (χ1v) is 8.09.